The van der Waals surface area contributed by atoms with Gasteiger partial charge in [-0.05, 0) is 73.8 Å². The molecular formula is C10H9I3N2. The zero-order chi connectivity index (χ0) is 10.6. The highest BCUT2D eigenvalue weighted by Crippen LogP contribution is 2.43. The van der Waals surface area contributed by atoms with Gasteiger partial charge in [-0.1, -0.05) is 0 Å². The molecule has 3 heterocycles. The summed E-state index contributed by atoms with van der Waals surface area (Å²) in [6, 6.07) is 2.34. The van der Waals surface area contributed by atoms with Crippen molar-refractivity contribution in [2.45, 2.75) is 0 Å². The second-order valence-electron chi connectivity index (χ2n) is 3.83. The lowest BCUT2D eigenvalue weighted by Crippen LogP contribution is -2.52. The van der Waals surface area contributed by atoms with E-state index in [1.165, 1.54) is 48.3 Å². The normalized spacial score (nSPS) is 18.3. The highest BCUT2D eigenvalue weighted by molar-refractivity contribution is 14.1. The molecule has 4 rings (SSSR count). The van der Waals surface area contributed by atoms with E-state index in [9.17, 15) is 0 Å². The molecule has 0 radical (unpaired) electrons. The first kappa shape index (κ1) is 11.1. The van der Waals surface area contributed by atoms with E-state index in [4.69, 9.17) is 0 Å². The molecule has 2 nitrogen and oxygen atoms in total. The number of hydrogen-bond acceptors (Lipinski definition) is 2. The van der Waals surface area contributed by atoms with Crippen LogP contribution in [0.1, 0.15) is 0 Å². The SMILES string of the molecule is Ic1cc2c(c(I)c1I)N1CCN2CC1. The third kappa shape index (κ3) is 1.67. The number of anilines is 2. The predicted octanol–water partition coefficient (Wildman–Crippen LogP) is 3.14. The van der Waals surface area contributed by atoms with Crippen LogP contribution in [0.5, 0.6) is 0 Å². The van der Waals surface area contributed by atoms with Crippen LogP contribution in [0.25, 0.3) is 0 Å². The number of benzene rings is 1. The van der Waals surface area contributed by atoms with E-state index in [0.717, 1.165) is 0 Å². The molecule has 80 valence electrons. The van der Waals surface area contributed by atoms with Gasteiger partial charge in [0.15, 0.2) is 0 Å². The molecule has 15 heavy (non-hydrogen) atoms. The Morgan fingerprint density at radius 2 is 1.47 bits per heavy atom. The molecular weight excluding hydrogens is 529 g/mol. The summed E-state index contributed by atoms with van der Waals surface area (Å²) in [6.07, 6.45) is 0. The third-order valence-electron chi connectivity index (χ3n) is 3.05. The number of nitrogens with zero attached hydrogens (tertiary/aromatic N) is 2. The van der Waals surface area contributed by atoms with Gasteiger partial charge in [0.25, 0.3) is 0 Å². The molecule has 3 aliphatic rings. The summed E-state index contributed by atoms with van der Waals surface area (Å²) in [4.78, 5) is 5.06. The van der Waals surface area contributed by atoms with Crippen molar-refractivity contribution >= 4 is 79.1 Å². The average Bonchev–Trinajstić information content (AvgIpc) is 2.27. The van der Waals surface area contributed by atoms with Crippen molar-refractivity contribution < 1.29 is 0 Å². The fourth-order valence-electron chi connectivity index (χ4n) is 2.29. The maximum absolute atomic E-state index is 2.54. The molecule has 1 aromatic carbocycles. The second-order valence-corrected chi connectivity index (χ2v) is 7.15. The summed E-state index contributed by atoms with van der Waals surface area (Å²) in [5, 5.41) is 0. The summed E-state index contributed by atoms with van der Waals surface area (Å²) in [7, 11) is 0. The van der Waals surface area contributed by atoms with Crippen LogP contribution < -0.4 is 9.80 Å². The van der Waals surface area contributed by atoms with Crippen LogP contribution in [-0.4, -0.2) is 26.2 Å². The lowest BCUT2D eigenvalue weighted by Gasteiger charge is -2.46. The smallest absolute Gasteiger partial charge is 0.0752 e. The van der Waals surface area contributed by atoms with Crippen molar-refractivity contribution in [3.63, 3.8) is 0 Å². The zero-order valence-corrected chi connectivity index (χ0v) is 14.4. The van der Waals surface area contributed by atoms with Crippen molar-refractivity contribution in [3.05, 3.63) is 16.8 Å². The van der Waals surface area contributed by atoms with Gasteiger partial charge >= 0.3 is 0 Å². The molecule has 0 atom stereocenters. The van der Waals surface area contributed by atoms with E-state index in [1.807, 2.05) is 0 Å². The third-order valence-corrected chi connectivity index (χ3v) is 8.14. The van der Waals surface area contributed by atoms with Crippen LogP contribution in [0, 0.1) is 10.7 Å². The predicted molar refractivity (Wildman–Crippen MR) is 89.0 cm³/mol. The quantitative estimate of drug-likeness (QED) is 0.371. The topological polar surface area (TPSA) is 6.48 Å². The first-order valence-electron chi connectivity index (χ1n) is 4.86. The van der Waals surface area contributed by atoms with Crippen LogP contribution >= 0.6 is 67.8 Å². The Labute approximate surface area is 130 Å². The Morgan fingerprint density at radius 3 is 2.13 bits per heavy atom. The number of rotatable bonds is 0. The summed E-state index contributed by atoms with van der Waals surface area (Å²) in [5.74, 6) is 0. The first-order valence-corrected chi connectivity index (χ1v) is 8.09. The minimum absolute atomic E-state index is 1.19. The van der Waals surface area contributed by atoms with Gasteiger partial charge in [-0.25, -0.2) is 0 Å². The van der Waals surface area contributed by atoms with Crippen LogP contribution in [0.3, 0.4) is 0 Å². The van der Waals surface area contributed by atoms with Crippen molar-refractivity contribution in [1.29, 1.82) is 0 Å². The molecule has 1 fully saturated rings. The fourth-order valence-corrected chi connectivity index (χ4v) is 4.69. The number of fused-ring (bicyclic) bond motifs is 2. The molecule has 0 spiro atoms. The molecule has 0 saturated carbocycles. The van der Waals surface area contributed by atoms with E-state index in [1.54, 1.807) is 0 Å². The van der Waals surface area contributed by atoms with Crippen LogP contribution in [-0.2, 0) is 0 Å². The second kappa shape index (κ2) is 4.04. The Balaban J connectivity index is 2.27. The lowest BCUT2D eigenvalue weighted by atomic mass is 10.1. The number of piperazine rings is 1. The van der Waals surface area contributed by atoms with Gasteiger partial charge in [0.05, 0.1) is 14.9 Å². The molecule has 5 heteroatoms. The summed E-state index contributed by atoms with van der Waals surface area (Å²) >= 11 is 7.39. The minimum atomic E-state index is 1.19. The summed E-state index contributed by atoms with van der Waals surface area (Å²) < 4.78 is 4.21. The van der Waals surface area contributed by atoms with E-state index in [-0.39, 0.29) is 0 Å². The molecule has 0 N–H and O–H groups in total. The Kier molecular flexibility index (Phi) is 2.99. The standard InChI is InChI=1S/C10H9I3N2/c11-6-5-7-10(9(13)8(6)12)15-3-1-14(7)2-4-15/h5H,1-4H2. The summed E-state index contributed by atoms with van der Waals surface area (Å²) in [5.41, 5.74) is 2.92. The largest absolute Gasteiger partial charge is 0.366 e. The van der Waals surface area contributed by atoms with Gasteiger partial charge in [0.1, 0.15) is 0 Å². The minimum Gasteiger partial charge on any atom is -0.366 e. The summed E-state index contributed by atoms with van der Waals surface area (Å²) in [6.45, 7) is 4.78. The van der Waals surface area contributed by atoms with Crippen molar-refractivity contribution in [2.75, 3.05) is 36.0 Å². The molecule has 0 unspecified atom stereocenters. The Morgan fingerprint density at radius 1 is 0.867 bits per heavy atom. The van der Waals surface area contributed by atoms with Gasteiger partial charge < -0.3 is 9.80 Å². The molecule has 1 saturated heterocycles. The first-order chi connectivity index (χ1) is 7.18. The monoisotopic (exact) mass is 538 g/mol. The Hall–Kier alpha value is 1.01. The van der Waals surface area contributed by atoms with Gasteiger partial charge in [0.2, 0.25) is 0 Å². The fraction of sp³-hybridized carbons (Fsp3) is 0.400. The molecule has 3 aliphatic heterocycles. The van der Waals surface area contributed by atoms with Crippen molar-refractivity contribution in [1.82, 2.24) is 0 Å². The molecule has 2 bridgehead atoms. The van der Waals surface area contributed by atoms with E-state index >= 15 is 0 Å². The molecule has 0 aliphatic carbocycles. The van der Waals surface area contributed by atoms with E-state index in [0.29, 0.717) is 0 Å². The lowest BCUT2D eigenvalue weighted by molar-refractivity contribution is 0.622. The van der Waals surface area contributed by atoms with Gasteiger partial charge in [-0.3, -0.25) is 0 Å². The number of halogens is 3. The molecule has 1 aromatic rings. The van der Waals surface area contributed by atoms with Gasteiger partial charge in [0, 0.05) is 33.3 Å². The maximum atomic E-state index is 2.54. The Bertz CT molecular complexity index is 425. The van der Waals surface area contributed by atoms with Crippen LogP contribution in [0.4, 0.5) is 11.4 Å². The maximum Gasteiger partial charge on any atom is 0.0752 e. The van der Waals surface area contributed by atoms with Gasteiger partial charge in [-0.2, -0.15) is 0 Å². The van der Waals surface area contributed by atoms with Crippen molar-refractivity contribution in [2.24, 2.45) is 0 Å². The van der Waals surface area contributed by atoms with E-state index in [2.05, 4.69) is 83.6 Å². The van der Waals surface area contributed by atoms with Gasteiger partial charge in [-0.15, -0.1) is 0 Å². The average molecular weight is 538 g/mol. The molecule has 0 amide bonds. The zero-order valence-electron chi connectivity index (χ0n) is 7.93. The van der Waals surface area contributed by atoms with Crippen molar-refractivity contribution in [3.8, 4) is 0 Å². The van der Waals surface area contributed by atoms with Crippen LogP contribution in [0.15, 0.2) is 6.07 Å². The van der Waals surface area contributed by atoms with E-state index < -0.39 is 0 Å². The molecule has 0 aromatic heterocycles. The highest BCUT2D eigenvalue weighted by atomic mass is 127. The number of hydrogen-bond donors (Lipinski definition) is 0. The van der Waals surface area contributed by atoms with Crippen LogP contribution in [0.2, 0.25) is 0 Å². The highest BCUT2D eigenvalue weighted by Gasteiger charge is 2.31.